The lowest BCUT2D eigenvalue weighted by molar-refractivity contribution is -0.118. The minimum absolute atomic E-state index is 0.0580. The Morgan fingerprint density at radius 3 is 2.30 bits per heavy atom. The van der Waals surface area contributed by atoms with Crippen LogP contribution in [0.2, 0.25) is 0 Å². The van der Waals surface area contributed by atoms with Crippen LogP contribution in [0.3, 0.4) is 0 Å². The number of carbonyl (C=O) groups is 1. The molecular weight excluding hydrogens is 378 g/mol. The van der Waals surface area contributed by atoms with E-state index >= 15 is 0 Å². The molecule has 0 saturated heterocycles. The Morgan fingerprint density at radius 2 is 1.60 bits per heavy atom. The van der Waals surface area contributed by atoms with Gasteiger partial charge in [-0.3, -0.25) is 4.79 Å². The zero-order valence-corrected chi connectivity index (χ0v) is 16.8. The molecule has 0 bridgehead atoms. The largest absolute Gasteiger partial charge is 0.483 e. The lowest BCUT2D eigenvalue weighted by Crippen LogP contribution is -2.20. The highest BCUT2D eigenvalue weighted by Crippen LogP contribution is 2.24. The Bertz CT molecular complexity index is 1130. The molecule has 1 heterocycles. The van der Waals surface area contributed by atoms with Crippen LogP contribution in [0.25, 0.3) is 22.8 Å². The number of aromatic nitrogens is 2. The van der Waals surface area contributed by atoms with Crippen LogP contribution in [0.1, 0.15) is 11.1 Å². The first kappa shape index (κ1) is 19.4. The highest BCUT2D eigenvalue weighted by atomic mass is 16.5. The Kier molecular flexibility index (Phi) is 5.57. The average Bonchev–Trinajstić information content (AvgIpc) is 3.25. The van der Waals surface area contributed by atoms with Gasteiger partial charge in [0.15, 0.2) is 6.61 Å². The molecule has 0 atom stereocenters. The third kappa shape index (κ3) is 4.38. The standard InChI is InChI=1S/C24H21N3O3/c1-16-7-6-8-17(2)22(16)29-15-21(28)25-20-13-11-19(12-14-20)24-26-23(27-30-24)18-9-4-3-5-10-18/h3-14H,15H2,1-2H3,(H,25,28). The summed E-state index contributed by atoms with van der Waals surface area (Å²) in [5.41, 5.74) is 4.33. The Morgan fingerprint density at radius 1 is 0.900 bits per heavy atom. The summed E-state index contributed by atoms with van der Waals surface area (Å²) in [5, 5.41) is 6.86. The minimum atomic E-state index is -0.227. The molecule has 1 amide bonds. The number of amides is 1. The Labute approximate surface area is 174 Å². The van der Waals surface area contributed by atoms with E-state index < -0.39 is 0 Å². The fourth-order valence-electron chi connectivity index (χ4n) is 3.10. The third-order valence-corrected chi connectivity index (χ3v) is 4.63. The third-order valence-electron chi connectivity index (χ3n) is 4.63. The highest BCUT2D eigenvalue weighted by molar-refractivity contribution is 5.92. The van der Waals surface area contributed by atoms with E-state index in [1.54, 1.807) is 12.1 Å². The van der Waals surface area contributed by atoms with E-state index in [0.717, 1.165) is 28.0 Å². The van der Waals surface area contributed by atoms with Crippen LogP contribution >= 0.6 is 0 Å². The predicted molar refractivity (Wildman–Crippen MR) is 115 cm³/mol. The molecule has 6 heteroatoms. The van der Waals surface area contributed by atoms with Gasteiger partial charge in [-0.2, -0.15) is 4.98 Å². The second-order valence-electron chi connectivity index (χ2n) is 6.92. The smallest absolute Gasteiger partial charge is 0.262 e. The van der Waals surface area contributed by atoms with Gasteiger partial charge in [-0.15, -0.1) is 0 Å². The normalized spacial score (nSPS) is 10.6. The number of aryl methyl sites for hydroxylation is 2. The molecule has 0 spiro atoms. The molecule has 150 valence electrons. The van der Waals surface area contributed by atoms with Crippen LogP contribution in [-0.2, 0) is 4.79 Å². The maximum absolute atomic E-state index is 12.2. The first-order valence-corrected chi connectivity index (χ1v) is 9.58. The van der Waals surface area contributed by atoms with Crippen molar-refractivity contribution in [3.8, 4) is 28.6 Å². The molecule has 0 saturated carbocycles. The van der Waals surface area contributed by atoms with Gasteiger partial charge in [-0.25, -0.2) is 0 Å². The van der Waals surface area contributed by atoms with Crippen LogP contribution in [0.15, 0.2) is 77.3 Å². The van der Waals surface area contributed by atoms with E-state index in [0.29, 0.717) is 17.4 Å². The zero-order valence-electron chi connectivity index (χ0n) is 16.8. The van der Waals surface area contributed by atoms with Crippen molar-refractivity contribution in [3.63, 3.8) is 0 Å². The molecule has 0 radical (unpaired) electrons. The second-order valence-corrected chi connectivity index (χ2v) is 6.92. The molecule has 1 N–H and O–H groups in total. The number of benzene rings is 3. The van der Waals surface area contributed by atoms with Gasteiger partial charge in [0.25, 0.3) is 11.8 Å². The van der Waals surface area contributed by atoms with Crippen molar-refractivity contribution in [2.24, 2.45) is 0 Å². The van der Waals surface area contributed by atoms with Gasteiger partial charge in [0.05, 0.1) is 0 Å². The number of anilines is 1. The van der Waals surface area contributed by atoms with Gasteiger partial charge >= 0.3 is 0 Å². The summed E-state index contributed by atoms with van der Waals surface area (Å²) in [7, 11) is 0. The topological polar surface area (TPSA) is 77.2 Å². The van der Waals surface area contributed by atoms with Crippen LogP contribution in [0.4, 0.5) is 5.69 Å². The molecule has 0 unspecified atom stereocenters. The van der Waals surface area contributed by atoms with Gasteiger partial charge in [0, 0.05) is 16.8 Å². The van der Waals surface area contributed by atoms with Crippen molar-refractivity contribution in [1.29, 1.82) is 0 Å². The van der Waals surface area contributed by atoms with Crippen molar-refractivity contribution < 1.29 is 14.1 Å². The fourth-order valence-corrected chi connectivity index (χ4v) is 3.10. The number of carbonyl (C=O) groups excluding carboxylic acids is 1. The summed E-state index contributed by atoms with van der Waals surface area (Å²) in [6.45, 7) is 3.86. The van der Waals surface area contributed by atoms with Crippen molar-refractivity contribution >= 4 is 11.6 Å². The van der Waals surface area contributed by atoms with Crippen LogP contribution in [0.5, 0.6) is 5.75 Å². The SMILES string of the molecule is Cc1cccc(C)c1OCC(=O)Nc1ccc(-c2nc(-c3ccccc3)no2)cc1. The summed E-state index contributed by atoms with van der Waals surface area (Å²) < 4.78 is 11.1. The maximum atomic E-state index is 12.2. The molecule has 30 heavy (non-hydrogen) atoms. The molecular formula is C24H21N3O3. The summed E-state index contributed by atoms with van der Waals surface area (Å²) in [6.07, 6.45) is 0. The van der Waals surface area contributed by atoms with E-state index in [1.165, 1.54) is 0 Å². The lowest BCUT2D eigenvalue weighted by Gasteiger charge is -2.12. The molecule has 1 aromatic heterocycles. The van der Waals surface area contributed by atoms with E-state index in [4.69, 9.17) is 9.26 Å². The van der Waals surface area contributed by atoms with Crippen LogP contribution in [0, 0.1) is 13.8 Å². The summed E-state index contributed by atoms with van der Waals surface area (Å²) in [5.74, 6) is 1.47. The lowest BCUT2D eigenvalue weighted by atomic mass is 10.1. The van der Waals surface area contributed by atoms with E-state index in [1.807, 2.05) is 74.5 Å². The number of rotatable bonds is 6. The Hall–Kier alpha value is -3.93. The van der Waals surface area contributed by atoms with Gasteiger partial charge in [0.2, 0.25) is 5.82 Å². The molecule has 4 rings (SSSR count). The number of ether oxygens (including phenoxy) is 1. The molecule has 4 aromatic rings. The second kappa shape index (κ2) is 8.61. The number of para-hydroxylation sites is 1. The van der Waals surface area contributed by atoms with Crippen molar-refractivity contribution in [2.75, 3.05) is 11.9 Å². The monoisotopic (exact) mass is 399 g/mol. The molecule has 0 aliphatic carbocycles. The van der Waals surface area contributed by atoms with Gasteiger partial charge in [-0.1, -0.05) is 53.7 Å². The number of nitrogens with one attached hydrogen (secondary N) is 1. The molecule has 0 aliphatic heterocycles. The van der Waals surface area contributed by atoms with Gasteiger partial charge in [0.1, 0.15) is 5.75 Å². The van der Waals surface area contributed by atoms with Crippen molar-refractivity contribution in [1.82, 2.24) is 10.1 Å². The van der Waals surface area contributed by atoms with Gasteiger partial charge in [-0.05, 0) is 49.2 Å². The molecule has 6 nitrogen and oxygen atoms in total. The number of hydrogen-bond donors (Lipinski definition) is 1. The average molecular weight is 399 g/mol. The fraction of sp³-hybridized carbons (Fsp3) is 0.125. The van der Waals surface area contributed by atoms with Crippen LogP contribution < -0.4 is 10.1 Å². The Balaban J connectivity index is 1.38. The molecule has 0 fully saturated rings. The first-order chi connectivity index (χ1) is 14.6. The van der Waals surface area contributed by atoms with E-state index in [9.17, 15) is 4.79 Å². The van der Waals surface area contributed by atoms with Crippen LogP contribution in [-0.4, -0.2) is 22.7 Å². The summed E-state index contributed by atoms with van der Waals surface area (Å²) in [6, 6.07) is 22.7. The summed E-state index contributed by atoms with van der Waals surface area (Å²) >= 11 is 0. The van der Waals surface area contributed by atoms with E-state index in [-0.39, 0.29) is 12.5 Å². The zero-order chi connectivity index (χ0) is 20.9. The molecule has 0 aliphatic rings. The summed E-state index contributed by atoms with van der Waals surface area (Å²) in [4.78, 5) is 16.7. The minimum Gasteiger partial charge on any atom is -0.483 e. The van der Waals surface area contributed by atoms with Crippen molar-refractivity contribution in [3.05, 3.63) is 83.9 Å². The first-order valence-electron chi connectivity index (χ1n) is 9.58. The van der Waals surface area contributed by atoms with E-state index in [2.05, 4.69) is 15.5 Å². The predicted octanol–water partition coefficient (Wildman–Crippen LogP) is 5.04. The number of nitrogens with zero attached hydrogens (tertiary/aromatic N) is 2. The van der Waals surface area contributed by atoms with Crippen molar-refractivity contribution in [2.45, 2.75) is 13.8 Å². The molecule has 3 aromatic carbocycles. The highest BCUT2D eigenvalue weighted by Gasteiger charge is 2.11. The maximum Gasteiger partial charge on any atom is 0.262 e. The number of hydrogen-bond acceptors (Lipinski definition) is 5. The quantitative estimate of drug-likeness (QED) is 0.492. The van der Waals surface area contributed by atoms with Gasteiger partial charge < -0.3 is 14.6 Å².